The molecule has 0 aromatic heterocycles. The van der Waals surface area contributed by atoms with Crippen LogP contribution in [-0.2, 0) is 4.79 Å². The molecule has 6 heteroatoms. The van der Waals surface area contributed by atoms with Crippen LogP contribution < -0.4 is 11.1 Å². The van der Waals surface area contributed by atoms with Gasteiger partial charge in [0, 0.05) is 26.6 Å². The number of carbonyl (C=O) groups excluding carboxylic acids is 1. The van der Waals surface area contributed by atoms with Crippen molar-refractivity contribution in [3.05, 3.63) is 0 Å². The topological polar surface area (TPSA) is 70.7 Å². The third-order valence-electron chi connectivity index (χ3n) is 2.44. The molecule has 0 bridgehead atoms. The van der Waals surface area contributed by atoms with Gasteiger partial charge in [0.05, 0.1) is 6.54 Å². The lowest BCUT2D eigenvalue weighted by atomic mass is 10.1. The minimum Gasteiger partial charge on any atom is -0.370 e. The van der Waals surface area contributed by atoms with Gasteiger partial charge in [-0.1, -0.05) is 0 Å². The van der Waals surface area contributed by atoms with Crippen molar-refractivity contribution in [1.29, 1.82) is 0 Å². The van der Waals surface area contributed by atoms with Crippen LogP contribution in [0.15, 0.2) is 4.99 Å². The molecule has 0 saturated carbocycles. The van der Waals surface area contributed by atoms with Crippen LogP contribution in [0, 0.1) is 0 Å². The third kappa shape index (κ3) is 6.14. The highest BCUT2D eigenvalue weighted by Crippen LogP contribution is 2.07. The molecule has 1 saturated heterocycles. The maximum absolute atomic E-state index is 10.6. The molecule has 0 aliphatic carbocycles. The van der Waals surface area contributed by atoms with Crippen LogP contribution in [0.5, 0.6) is 0 Å². The first-order valence-corrected chi connectivity index (χ1v) is 5.49. The number of aliphatic imine (C=N–C) groups is 1. The molecule has 0 aromatic rings. The van der Waals surface area contributed by atoms with Gasteiger partial charge in [0.1, 0.15) is 0 Å². The van der Waals surface area contributed by atoms with E-state index in [2.05, 4.69) is 15.2 Å². The molecule has 5 nitrogen and oxygen atoms in total. The zero-order valence-electron chi connectivity index (χ0n) is 9.74. The van der Waals surface area contributed by atoms with Crippen LogP contribution >= 0.6 is 24.0 Å². The first-order valence-electron chi connectivity index (χ1n) is 5.49. The van der Waals surface area contributed by atoms with Crippen molar-refractivity contribution in [1.82, 2.24) is 10.2 Å². The maximum Gasteiger partial charge on any atom is 0.216 e. The molecule has 1 amide bonds. The second-order valence-electron chi connectivity index (χ2n) is 3.77. The summed E-state index contributed by atoms with van der Waals surface area (Å²) in [6, 6.07) is 0. The predicted molar refractivity (Wildman–Crippen MR) is 76.0 cm³/mol. The summed E-state index contributed by atoms with van der Waals surface area (Å²) < 4.78 is 0. The van der Waals surface area contributed by atoms with E-state index in [9.17, 15) is 4.79 Å². The van der Waals surface area contributed by atoms with Gasteiger partial charge in [0.2, 0.25) is 5.91 Å². The maximum atomic E-state index is 10.6. The number of nitrogens with two attached hydrogens (primary N) is 1. The number of rotatable bonds is 3. The van der Waals surface area contributed by atoms with Gasteiger partial charge in [-0.2, -0.15) is 0 Å². The van der Waals surface area contributed by atoms with E-state index in [0.717, 1.165) is 13.1 Å². The monoisotopic (exact) mass is 340 g/mol. The van der Waals surface area contributed by atoms with Crippen LogP contribution in [0.3, 0.4) is 0 Å². The molecule has 0 radical (unpaired) electrons. The molecule has 1 fully saturated rings. The fourth-order valence-corrected chi connectivity index (χ4v) is 1.63. The lowest BCUT2D eigenvalue weighted by molar-refractivity contribution is -0.118. The summed E-state index contributed by atoms with van der Waals surface area (Å²) in [6.45, 7) is 4.63. The van der Waals surface area contributed by atoms with E-state index in [1.165, 1.54) is 26.2 Å². The Morgan fingerprint density at radius 1 is 1.38 bits per heavy atom. The van der Waals surface area contributed by atoms with Gasteiger partial charge in [-0.3, -0.25) is 9.79 Å². The highest BCUT2D eigenvalue weighted by molar-refractivity contribution is 14.0. The van der Waals surface area contributed by atoms with E-state index >= 15 is 0 Å². The largest absolute Gasteiger partial charge is 0.370 e. The van der Waals surface area contributed by atoms with Gasteiger partial charge in [-0.15, -0.1) is 24.0 Å². The summed E-state index contributed by atoms with van der Waals surface area (Å²) in [6.07, 6.45) is 3.68. The van der Waals surface area contributed by atoms with Crippen molar-refractivity contribution < 1.29 is 4.79 Å². The van der Waals surface area contributed by atoms with Crippen molar-refractivity contribution in [2.24, 2.45) is 10.7 Å². The summed E-state index contributed by atoms with van der Waals surface area (Å²) in [5, 5.41) is 2.68. The van der Waals surface area contributed by atoms with Gasteiger partial charge in [0.25, 0.3) is 0 Å². The van der Waals surface area contributed by atoms with Gasteiger partial charge < -0.3 is 16.0 Å². The van der Waals surface area contributed by atoms with Crippen molar-refractivity contribution in [2.45, 2.75) is 26.2 Å². The summed E-state index contributed by atoms with van der Waals surface area (Å²) in [7, 11) is 0. The molecule has 1 rings (SSSR count). The normalized spacial score (nSPS) is 16.6. The molecular formula is C10H21IN4O. The molecule has 0 unspecified atom stereocenters. The van der Waals surface area contributed by atoms with Crippen LogP contribution in [0.1, 0.15) is 26.2 Å². The average Bonchev–Trinajstić information content (AvgIpc) is 2.25. The van der Waals surface area contributed by atoms with Crippen molar-refractivity contribution >= 4 is 35.8 Å². The van der Waals surface area contributed by atoms with Crippen LogP contribution in [0.2, 0.25) is 0 Å². The third-order valence-corrected chi connectivity index (χ3v) is 2.44. The molecule has 0 spiro atoms. The Balaban J connectivity index is 0.00000225. The SMILES string of the molecule is CC(=O)NCCN=C(N)N1CCCCC1.I. The number of carbonyl (C=O) groups is 1. The Kier molecular flexibility index (Phi) is 8.32. The fourth-order valence-electron chi connectivity index (χ4n) is 1.63. The van der Waals surface area contributed by atoms with E-state index in [1.54, 1.807) is 0 Å². The molecule has 1 aliphatic rings. The molecule has 3 N–H and O–H groups in total. The number of halogens is 1. The minimum absolute atomic E-state index is 0. The molecule has 1 heterocycles. The first kappa shape index (κ1) is 15.5. The van der Waals surface area contributed by atoms with E-state index in [1.807, 2.05) is 0 Å². The number of likely N-dealkylation sites (tertiary alicyclic amines) is 1. The lowest BCUT2D eigenvalue weighted by Gasteiger charge is -2.27. The van der Waals surface area contributed by atoms with Crippen LogP contribution in [-0.4, -0.2) is 42.9 Å². The molecule has 1 aliphatic heterocycles. The smallest absolute Gasteiger partial charge is 0.216 e. The van der Waals surface area contributed by atoms with E-state index in [-0.39, 0.29) is 29.9 Å². The zero-order chi connectivity index (χ0) is 11.1. The number of amides is 1. The van der Waals surface area contributed by atoms with Gasteiger partial charge in [0.15, 0.2) is 5.96 Å². The minimum atomic E-state index is -0.0262. The number of piperidine rings is 1. The number of guanidine groups is 1. The standard InChI is InChI=1S/C10H20N4O.HI/c1-9(15)12-5-6-13-10(11)14-7-3-2-4-8-14;/h2-8H2,1H3,(H2,11,13)(H,12,15);1H. The number of nitrogens with one attached hydrogen (secondary N) is 1. The summed E-state index contributed by atoms with van der Waals surface area (Å²) in [5.41, 5.74) is 5.83. The Bertz CT molecular complexity index is 239. The second kappa shape index (κ2) is 8.60. The average molecular weight is 340 g/mol. The van der Waals surface area contributed by atoms with E-state index in [4.69, 9.17) is 5.73 Å². The van der Waals surface area contributed by atoms with Crippen LogP contribution in [0.25, 0.3) is 0 Å². The number of hydrogen-bond acceptors (Lipinski definition) is 2. The molecule has 16 heavy (non-hydrogen) atoms. The highest BCUT2D eigenvalue weighted by Gasteiger charge is 2.11. The highest BCUT2D eigenvalue weighted by atomic mass is 127. The Morgan fingerprint density at radius 2 is 2.00 bits per heavy atom. The number of hydrogen-bond donors (Lipinski definition) is 2. The first-order chi connectivity index (χ1) is 7.20. The van der Waals surface area contributed by atoms with Gasteiger partial charge >= 0.3 is 0 Å². The lowest BCUT2D eigenvalue weighted by Crippen LogP contribution is -2.41. The molecule has 0 aromatic carbocycles. The number of nitrogens with zero attached hydrogens (tertiary/aromatic N) is 2. The van der Waals surface area contributed by atoms with E-state index in [0.29, 0.717) is 19.0 Å². The Hall–Kier alpha value is -0.530. The van der Waals surface area contributed by atoms with Gasteiger partial charge in [-0.05, 0) is 19.3 Å². The van der Waals surface area contributed by atoms with Crippen LogP contribution in [0.4, 0.5) is 0 Å². The fraction of sp³-hybridized carbons (Fsp3) is 0.800. The Morgan fingerprint density at radius 3 is 2.56 bits per heavy atom. The quantitative estimate of drug-likeness (QED) is 0.341. The summed E-state index contributed by atoms with van der Waals surface area (Å²) in [5.74, 6) is 0.585. The van der Waals surface area contributed by atoms with E-state index < -0.39 is 0 Å². The van der Waals surface area contributed by atoms with Crippen molar-refractivity contribution in [2.75, 3.05) is 26.2 Å². The summed E-state index contributed by atoms with van der Waals surface area (Å²) in [4.78, 5) is 16.9. The molecular weight excluding hydrogens is 319 g/mol. The molecule has 94 valence electrons. The van der Waals surface area contributed by atoms with Gasteiger partial charge in [-0.25, -0.2) is 0 Å². The zero-order valence-corrected chi connectivity index (χ0v) is 12.1. The second-order valence-corrected chi connectivity index (χ2v) is 3.77. The summed E-state index contributed by atoms with van der Waals surface area (Å²) >= 11 is 0. The predicted octanol–water partition coefficient (Wildman–Crippen LogP) is 0.541. The Labute approximate surface area is 114 Å². The van der Waals surface area contributed by atoms with Crippen molar-refractivity contribution in [3.63, 3.8) is 0 Å². The molecule has 0 atom stereocenters. The van der Waals surface area contributed by atoms with Crippen molar-refractivity contribution in [3.8, 4) is 0 Å².